The molecule has 2 aliphatic rings. The van der Waals surface area contributed by atoms with Crippen LogP contribution in [0, 0.1) is 10.8 Å². The average molecular weight is 238 g/mol. The lowest BCUT2D eigenvalue weighted by atomic mass is 9.84. The summed E-state index contributed by atoms with van der Waals surface area (Å²) in [6, 6.07) is 1.40. The van der Waals surface area contributed by atoms with E-state index in [4.69, 9.17) is 0 Å². The van der Waals surface area contributed by atoms with Crippen molar-refractivity contribution in [3.05, 3.63) is 0 Å². The van der Waals surface area contributed by atoms with Crippen LogP contribution in [-0.4, -0.2) is 36.6 Å². The summed E-state index contributed by atoms with van der Waals surface area (Å²) in [4.78, 5) is 2.76. The molecule has 2 fully saturated rings. The summed E-state index contributed by atoms with van der Waals surface area (Å²) in [6.07, 6.45) is 4.15. The van der Waals surface area contributed by atoms with Crippen molar-refractivity contribution in [3.63, 3.8) is 0 Å². The maximum Gasteiger partial charge on any atom is 0.0244 e. The lowest BCUT2D eigenvalue weighted by molar-refractivity contribution is 0.0684. The van der Waals surface area contributed by atoms with Gasteiger partial charge in [0.2, 0.25) is 0 Å². The van der Waals surface area contributed by atoms with Gasteiger partial charge in [-0.25, -0.2) is 0 Å². The van der Waals surface area contributed by atoms with Crippen molar-refractivity contribution in [1.29, 1.82) is 0 Å². The molecule has 100 valence electrons. The Hall–Kier alpha value is -0.0800. The Morgan fingerprint density at radius 1 is 1.29 bits per heavy atom. The first kappa shape index (κ1) is 13.4. The maximum absolute atomic E-state index is 3.75. The molecule has 2 heteroatoms. The van der Waals surface area contributed by atoms with Crippen molar-refractivity contribution in [2.75, 3.05) is 19.6 Å². The van der Waals surface area contributed by atoms with Crippen LogP contribution in [0.5, 0.6) is 0 Å². The molecule has 2 nitrogen and oxygen atoms in total. The van der Waals surface area contributed by atoms with E-state index in [1.807, 2.05) is 0 Å². The van der Waals surface area contributed by atoms with E-state index >= 15 is 0 Å². The zero-order chi connectivity index (χ0) is 12.7. The Labute approximate surface area is 107 Å². The second kappa shape index (κ2) is 4.55. The van der Waals surface area contributed by atoms with E-state index < -0.39 is 0 Å². The lowest BCUT2D eigenvalue weighted by Gasteiger charge is -2.45. The van der Waals surface area contributed by atoms with Crippen molar-refractivity contribution in [1.82, 2.24) is 10.2 Å². The second-order valence-electron chi connectivity index (χ2n) is 7.63. The summed E-state index contributed by atoms with van der Waals surface area (Å²) in [5.41, 5.74) is 1.02. The van der Waals surface area contributed by atoms with Crippen molar-refractivity contribution in [3.8, 4) is 0 Å². The highest BCUT2D eigenvalue weighted by Gasteiger charge is 2.42. The smallest absolute Gasteiger partial charge is 0.0244 e. The van der Waals surface area contributed by atoms with Crippen LogP contribution >= 0.6 is 0 Å². The van der Waals surface area contributed by atoms with Crippen molar-refractivity contribution in [2.24, 2.45) is 10.8 Å². The molecular weight excluding hydrogens is 208 g/mol. The summed E-state index contributed by atoms with van der Waals surface area (Å²) in [5.74, 6) is 0. The number of nitrogens with one attached hydrogen (secondary N) is 1. The van der Waals surface area contributed by atoms with Crippen LogP contribution in [0.2, 0.25) is 0 Å². The fourth-order valence-electron chi connectivity index (χ4n) is 2.89. The molecule has 0 radical (unpaired) electrons. The fourth-order valence-corrected chi connectivity index (χ4v) is 2.89. The van der Waals surface area contributed by atoms with E-state index in [-0.39, 0.29) is 0 Å². The van der Waals surface area contributed by atoms with Crippen LogP contribution in [0.4, 0.5) is 0 Å². The number of rotatable bonds is 3. The number of hydrogen-bond donors (Lipinski definition) is 1. The van der Waals surface area contributed by atoms with Crippen LogP contribution in [0.25, 0.3) is 0 Å². The number of piperazine rings is 1. The highest BCUT2D eigenvalue weighted by Crippen LogP contribution is 2.46. The zero-order valence-corrected chi connectivity index (χ0v) is 12.3. The number of hydrogen-bond acceptors (Lipinski definition) is 2. The first-order valence-corrected chi connectivity index (χ1v) is 7.31. The van der Waals surface area contributed by atoms with E-state index in [0.29, 0.717) is 16.9 Å². The van der Waals surface area contributed by atoms with Crippen LogP contribution in [0.15, 0.2) is 0 Å². The largest absolute Gasteiger partial charge is 0.311 e. The van der Waals surface area contributed by atoms with Crippen LogP contribution < -0.4 is 5.32 Å². The molecule has 1 aliphatic carbocycles. The molecule has 0 amide bonds. The molecule has 2 unspecified atom stereocenters. The molecule has 1 saturated heterocycles. The van der Waals surface area contributed by atoms with Gasteiger partial charge in [-0.3, -0.25) is 4.90 Å². The second-order valence-corrected chi connectivity index (χ2v) is 7.63. The summed E-state index contributed by atoms with van der Waals surface area (Å²) in [6.45, 7) is 15.6. The Bertz CT molecular complexity index is 263. The van der Waals surface area contributed by atoms with Crippen LogP contribution in [0.1, 0.15) is 53.9 Å². The highest BCUT2D eigenvalue weighted by atomic mass is 15.2. The van der Waals surface area contributed by atoms with Crippen molar-refractivity contribution in [2.45, 2.75) is 66.0 Å². The molecule has 1 aliphatic heterocycles. The quantitative estimate of drug-likeness (QED) is 0.813. The van der Waals surface area contributed by atoms with Gasteiger partial charge < -0.3 is 5.32 Å². The fraction of sp³-hybridized carbons (Fsp3) is 1.00. The van der Waals surface area contributed by atoms with Crippen molar-refractivity contribution < 1.29 is 0 Å². The van der Waals surface area contributed by atoms with Crippen LogP contribution in [0.3, 0.4) is 0 Å². The third-order valence-corrected chi connectivity index (χ3v) is 4.74. The molecule has 0 aromatic rings. The molecule has 1 heterocycles. The van der Waals surface area contributed by atoms with Gasteiger partial charge >= 0.3 is 0 Å². The van der Waals surface area contributed by atoms with Gasteiger partial charge in [0.1, 0.15) is 0 Å². The zero-order valence-electron chi connectivity index (χ0n) is 12.3. The minimum Gasteiger partial charge on any atom is -0.311 e. The molecule has 0 aromatic carbocycles. The Morgan fingerprint density at radius 3 is 2.41 bits per heavy atom. The summed E-state index contributed by atoms with van der Waals surface area (Å²) < 4.78 is 0. The van der Waals surface area contributed by atoms with Gasteiger partial charge in [-0.2, -0.15) is 0 Å². The van der Waals surface area contributed by atoms with Gasteiger partial charge in [0.15, 0.2) is 0 Å². The number of nitrogens with zero attached hydrogens (tertiary/aromatic N) is 1. The van der Waals surface area contributed by atoms with Crippen LogP contribution in [-0.2, 0) is 0 Å². The third kappa shape index (κ3) is 3.23. The van der Waals surface area contributed by atoms with Gasteiger partial charge in [-0.15, -0.1) is 0 Å². The monoisotopic (exact) mass is 238 g/mol. The molecule has 2 rings (SSSR count). The standard InChI is InChI=1S/C15H30N2/c1-6-12-9-16-13(14(2,3)4)10-17(12)11-15(5)7-8-15/h12-13,16H,6-11H2,1-5H3. The predicted octanol–water partition coefficient (Wildman–Crippen LogP) is 2.89. The Morgan fingerprint density at radius 2 is 1.94 bits per heavy atom. The molecular formula is C15H30N2. The molecule has 0 aromatic heterocycles. The summed E-state index contributed by atoms with van der Waals surface area (Å²) >= 11 is 0. The molecule has 2 atom stereocenters. The van der Waals surface area contributed by atoms with E-state index in [2.05, 4.69) is 44.8 Å². The highest BCUT2D eigenvalue weighted by molar-refractivity contribution is 4.97. The molecule has 0 spiro atoms. The van der Waals surface area contributed by atoms with Gasteiger partial charge in [0.05, 0.1) is 0 Å². The molecule has 0 bridgehead atoms. The Kier molecular flexibility index (Phi) is 3.57. The summed E-state index contributed by atoms with van der Waals surface area (Å²) in [5, 5.41) is 3.75. The van der Waals surface area contributed by atoms with Gasteiger partial charge in [0.25, 0.3) is 0 Å². The molecule has 1 saturated carbocycles. The predicted molar refractivity (Wildman–Crippen MR) is 74.2 cm³/mol. The topological polar surface area (TPSA) is 15.3 Å². The van der Waals surface area contributed by atoms with Gasteiger partial charge in [0, 0.05) is 31.7 Å². The molecule has 17 heavy (non-hydrogen) atoms. The average Bonchev–Trinajstić information content (AvgIpc) is 2.94. The van der Waals surface area contributed by atoms with E-state index in [1.54, 1.807) is 0 Å². The first-order chi connectivity index (χ1) is 7.84. The lowest BCUT2D eigenvalue weighted by Crippen LogP contribution is -2.60. The maximum atomic E-state index is 3.75. The minimum atomic E-state index is 0.376. The van der Waals surface area contributed by atoms with Gasteiger partial charge in [-0.1, -0.05) is 34.6 Å². The van der Waals surface area contributed by atoms with E-state index in [9.17, 15) is 0 Å². The van der Waals surface area contributed by atoms with E-state index in [1.165, 1.54) is 38.9 Å². The van der Waals surface area contributed by atoms with E-state index in [0.717, 1.165) is 6.04 Å². The minimum absolute atomic E-state index is 0.376. The third-order valence-electron chi connectivity index (χ3n) is 4.74. The van der Waals surface area contributed by atoms with Crippen molar-refractivity contribution >= 4 is 0 Å². The summed E-state index contributed by atoms with van der Waals surface area (Å²) in [7, 11) is 0. The first-order valence-electron chi connectivity index (χ1n) is 7.31. The normalized spacial score (nSPS) is 33.7. The SMILES string of the molecule is CCC1CNC(C(C)(C)C)CN1CC1(C)CC1. The van der Waals surface area contributed by atoms with Gasteiger partial charge in [-0.05, 0) is 30.1 Å². The Balaban J connectivity index is 1.98. The molecule has 1 N–H and O–H groups in total.